The number of carbonyl (C=O) groups is 1. The van der Waals surface area contributed by atoms with E-state index in [9.17, 15) is 4.79 Å². The number of nitrogens with zero attached hydrogens (tertiary/aromatic N) is 2. The Morgan fingerprint density at radius 2 is 1.94 bits per heavy atom. The number of fused-ring (bicyclic) bond motifs is 1. The van der Waals surface area contributed by atoms with Gasteiger partial charge >= 0.3 is 0 Å². The Labute approximate surface area is 111 Å². The molecule has 94 valence electrons. The fraction of sp³-hybridized carbons (Fsp3) is 0.462. The third-order valence-corrected chi connectivity index (χ3v) is 3.56. The lowest BCUT2D eigenvalue weighted by Gasteiger charge is -2.17. The van der Waals surface area contributed by atoms with Crippen molar-refractivity contribution < 1.29 is 4.79 Å². The molecule has 2 rings (SSSR count). The standard InChI is InChI=1S/C13H14ClN3O/c14-12-9(7-15)11(13(16)18)8-5-3-1-2-4-6-10(8)17-12/h1-6H2,(H2,16,18). The van der Waals surface area contributed by atoms with Crippen LogP contribution in [0.5, 0.6) is 0 Å². The number of hydrogen-bond donors (Lipinski definition) is 1. The van der Waals surface area contributed by atoms with Crippen LogP contribution in [0.2, 0.25) is 5.15 Å². The van der Waals surface area contributed by atoms with Crippen molar-refractivity contribution in [3.05, 3.63) is 27.5 Å². The van der Waals surface area contributed by atoms with Crippen molar-refractivity contribution in [3.63, 3.8) is 0 Å². The first-order valence-corrected chi connectivity index (χ1v) is 6.44. The molecule has 1 aliphatic carbocycles. The second kappa shape index (κ2) is 5.36. The van der Waals surface area contributed by atoms with Gasteiger partial charge in [0.1, 0.15) is 16.8 Å². The van der Waals surface area contributed by atoms with E-state index in [0.29, 0.717) is 0 Å². The van der Waals surface area contributed by atoms with Gasteiger partial charge in [-0.3, -0.25) is 4.79 Å². The van der Waals surface area contributed by atoms with Crippen LogP contribution in [0.25, 0.3) is 0 Å². The molecule has 5 heteroatoms. The minimum absolute atomic E-state index is 0.0885. The van der Waals surface area contributed by atoms with Crippen LogP contribution < -0.4 is 5.73 Å². The number of rotatable bonds is 1. The number of amides is 1. The minimum Gasteiger partial charge on any atom is -0.366 e. The molecule has 0 atom stereocenters. The second-order valence-corrected chi connectivity index (χ2v) is 4.83. The zero-order chi connectivity index (χ0) is 13.1. The Kier molecular flexibility index (Phi) is 3.83. The van der Waals surface area contributed by atoms with Crippen molar-refractivity contribution in [2.75, 3.05) is 0 Å². The van der Waals surface area contributed by atoms with Gasteiger partial charge in [-0.15, -0.1) is 0 Å². The van der Waals surface area contributed by atoms with Gasteiger partial charge in [0.2, 0.25) is 0 Å². The normalized spacial score (nSPS) is 15.1. The molecule has 1 heterocycles. The summed E-state index contributed by atoms with van der Waals surface area (Å²) in [6.07, 6.45) is 5.84. The summed E-state index contributed by atoms with van der Waals surface area (Å²) in [4.78, 5) is 15.9. The summed E-state index contributed by atoms with van der Waals surface area (Å²) in [5, 5.41) is 9.18. The lowest BCUT2D eigenvalue weighted by atomic mass is 9.91. The summed E-state index contributed by atoms with van der Waals surface area (Å²) in [5.41, 5.74) is 7.43. The number of aryl methyl sites for hydroxylation is 1. The fourth-order valence-corrected chi connectivity index (χ4v) is 2.68. The Hall–Kier alpha value is -1.60. The van der Waals surface area contributed by atoms with Crippen molar-refractivity contribution in [2.24, 2.45) is 5.73 Å². The van der Waals surface area contributed by atoms with Crippen molar-refractivity contribution in [1.29, 1.82) is 5.26 Å². The number of nitrogens with two attached hydrogens (primary N) is 1. The summed E-state index contributed by atoms with van der Waals surface area (Å²) in [6.45, 7) is 0. The predicted molar refractivity (Wildman–Crippen MR) is 68.4 cm³/mol. The number of pyridine rings is 1. The Bertz CT molecular complexity index is 534. The molecule has 1 amide bonds. The van der Waals surface area contributed by atoms with E-state index in [1.165, 1.54) is 0 Å². The number of halogens is 1. The van der Waals surface area contributed by atoms with E-state index in [-0.39, 0.29) is 16.3 Å². The summed E-state index contributed by atoms with van der Waals surface area (Å²) in [6, 6.07) is 1.94. The number of nitriles is 1. The van der Waals surface area contributed by atoms with Gasteiger partial charge in [0, 0.05) is 5.69 Å². The average molecular weight is 264 g/mol. The Balaban J connectivity index is 2.66. The van der Waals surface area contributed by atoms with Gasteiger partial charge in [0.05, 0.1) is 5.56 Å². The van der Waals surface area contributed by atoms with Gasteiger partial charge in [-0.1, -0.05) is 24.4 Å². The molecule has 0 fully saturated rings. The van der Waals surface area contributed by atoms with Crippen LogP contribution in [0.1, 0.15) is 52.9 Å². The first-order chi connectivity index (χ1) is 8.65. The fourth-order valence-electron chi connectivity index (χ4n) is 2.44. The predicted octanol–water partition coefficient (Wildman–Crippen LogP) is 2.36. The van der Waals surface area contributed by atoms with E-state index in [1.54, 1.807) is 0 Å². The van der Waals surface area contributed by atoms with Crippen LogP contribution in [0, 0.1) is 11.3 Å². The first kappa shape index (κ1) is 12.8. The Morgan fingerprint density at radius 1 is 1.28 bits per heavy atom. The van der Waals surface area contributed by atoms with Crippen molar-refractivity contribution in [1.82, 2.24) is 4.98 Å². The molecular weight excluding hydrogens is 250 g/mol. The zero-order valence-electron chi connectivity index (χ0n) is 10.0. The highest BCUT2D eigenvalue weighted by Crippen LogP contribution is 2.28. The molecule has 1 aliphatic rings. The quantitative estimate of drug-likeness (QED) is 0.790. The Morgan fingerprint density at radius 3 is 2.56 bits per heavy atom. The molecule has 18 heavy (non-hydrogen) atoms. The molecule has 2 N–H and O–H groups in total. The molecule has 0 radical (unpaired) electrons. The van der Waals surface area contributed by atoms with Crippen molar-refractivity contribution in [2.45, 2.75) is 38.5 Å². The van der Waals surface area contributed by atoms with Gasteiger partial charge in [0.25, 0.3) is 5.91 Å². The highest BCUT2D eigenvalue weighted by molar-refractivity contribution is 6.31. The van der Waals surface area contributed by atoms with Crippen LogP contribution in [0.15, 0.2) is 0 Å². The third-order valence-electron chi connectivity index (χ3n) is 3.29. The molecule has 0 saturated heterocycles. The molecule has 0 unspecified atom stereocenters. The second-order valence-electron chi connectivity index (χ2n) is 4.47. The maximum absolute atomic E-state index is 11.6. The highest BCUT2D eigenvalue weighted by Gasteiger charge is 2.22. The molecular formula is C13H14ClN3O. The van der Waals surface area contributed by atoms with Crippen LogP contribution in [0.3, 0.4) is 0 Å². The molecule has 0 aliphatic heterocycles. The molecule has 0 spiro atoms. The lowest BCUT2D eigenvalue weighted by molar-refractivity contribution is 0.0999. The smallest absolute Gasteiger partial charge is 0.250 e. The van der Waals surface area contributed by atoms with Crippen LogP contribution in [0.4, 0.5) is 0 Å². The lowest BCUT2D eigenvalue weighted by Crippen LogP contribution is -2.19. The van der Waals surface area contributed by atoms with E-state index in [4.69, 9.17) is 22.6 Å². The molecule has 0 aromatic carbocycles. The minimum atomic E-state index is -0.590. The summed E-state index contributed by atoms with van der Waals surface area (Å²) >= 11 is 5.96. The molecule has 1 aromatic heterocycles. The number of hydrogen-bond acceptors (Lipinski definition) is 3. The average Bonchev–Trinajstić information content (AvgIpc) is 2.30. The highest BCUT2D eigenvalue weighted by atomic mass is 35.5. The van der Waals surface area contributed by atoms with Gasteiger partial charge in [-0.2, -0.15) is 5.26 Å². The van der Waals surface area contributed by atoms with Gasteiger partial charge in [-0.05, 0) is 31.2 Å². The van der Waals surface area contributed by atoms with Gasteiger partial charge < -0.3 is 5.73 Å². The largest absolute Gasteiger partial charge is 0.366 e. The molecule has 4 nitrogen and oxygen atoms in total. The summed E-state index contributed by atoms with van der Waals surface area (Å²) in [7, 11) is 0. The monoisotopic (exact) mass is 263 g/mol. The summed E-state index contributed by atoms with van der Waals surface area (Å²) in [5.74, 6) is -0.590. The van der Waals surface area contributed by atoms with E-state index >= 15 is 0 Å². The third kappa shape index (κ3) is 2.32. The SMILES string of the molecule is N#Cc1c(Cl)nc2c(c1C(N)=O)CCCCCC2. The molecule has 0 saturated carbocycles. The van der Waals surface area contributed by atoms with Gasteiger partial charge in [0.15, 0.2) is 0 Å². The maximum Gasteiger partial charge on any atom is 0.250 e. The van der Waals surface area contributed by atoms with Crippen molar-refractivity contribution in [3.8, 4) is 6.07 Å². The number of carbonyl (C=O) groups excluding carboxylic acids is 1. The van der Waals surface area contributed by atoms with Crippen LogP contribution in [-0.4, -0.2) is 10.9 Å². The molecule has 0 bridgehead atoms. The van der Waals surface area contributed by atoms with E-state index in [0.717, 1.165) is 49.8 Å². The topological polar surface area (TPSA) is 79.8 Å². The zero-order valence-corrected chi connectivity index (χ0v) is 10.8. The van der Waals surface area contributed by atoms with Gasteiger partial charge in [-0.25, -0.2) is 4.98 Å². The number of primary amides is 1. The summed E-state index contributed by atoms with van der Waals surface area (Å²) < 4.78 is 0. The molecule has 1 aromatic rings. The van der Waals surface area contributed by atoms with Crippen LogP contribution >= 0.6 is 11.6 Å². The number of aromatic nitrogens is 1. The first-order valence-electron chi connectivity index (χ1n) is 6.06. The van der Waals surface area contributed by atoms with E-state index in [2.05, 4.69) is 4.98 Å². The van der Waals surface area contributed by atoms with Crippen molar-refractivity contribution >= 4 is 17.5 Å². The van der Waals surface area contributed by atoms with Crippen LogP contribution in [-0.2, 0) is 12.8 Å². The van der Waals surface area contributed by atoms with E-state index in [1.807, 2.05) is 6.07 Å². The maximum atomic E-state index is 11.6. The van der Waals surface area contributed by atoms with E-state index < -0.39 is 5.91 Å².